The second kappa shape index (κ2) is 8.38. The fourth-order valence-electron chi connectivity index (χ4n) is 2.06. The Balaban J connectivity index is 2.45. The van der Waals surface area contributed by atoms with E-state index in [2.05, 4.69) is 15.6 Å². The van der Waals surface area contributed by atoms with Crippen molar-refractivity contribution in [2.24, 2.45) is 4.99 Å². The maximum atomic E-state index is 10.2. The van der Waals surface area contributed by atoms with Crippen LogP contribution < -0.4 is 10.6 Å². The Kier molecular flexibility index (Phi) is 7.16. The minimum atomic E-state index is -0.688. The Morgan fingerprint density at radius 2 is 2.05 bits per heavy atom. The molecular weight excluding hydrogens is 242 g/mol. The van der Waals surface area contributed by atoms with Crippen molar-refractivity contribution in [2.75, 3.05) is 26.2 Å². The summed E-state index contributed by atoms with van der Waals surface area (Å²) in [5.74, 6) is 0.762. The van der Waals surface area contributed by atoms with E-state index >= 15 is 0 Å². The summed E-state index contributed by atoms with van der Waals surface area (Å²) in [6, 6.07) is 0. The number of ether oxygens (including phenoxy) is 1. The van der Waals surface area contributed by atoms with E-state index in [4.69, 9.17) is 4.74 Å². The van der Waals surface area contributed by atoms with Crippen molar-refractivity contribution < 1.29 is 9.84 Å². The van der Waals surface area contributed by atoms with Crippen LogP contribution in [0.2, 0.25) is 0 Å². The molecule has 0 saturated carbocycles. The van der Waals surface area contributed by atoms with Crippen LogP contribution in [-0.2, 0) is 4.74 Å². The highest BCUT2D eigenvalue weighted by atomic mass is 16.5. The van der Waals surface area contributed by atoms with Crippen molar-refractivity contribution in [1.29, 1.82) is 0 Å². The van der Waals surface area contributed by atoms with Crippen LogP contribution in [0.15, 0.2) is 4.99 Å². The molecule has 1 fully saturated rings. The molecule has 19 heavy (non-hydrogen) atoms. The summed E-state index contributed by atoms with van der Waals surface area (Å²) >= 11 is 0. The summed E-state index contributed by atoms with van der Waals surface area (Å²) in [5.41, 5.74) is -0.688. The van der Waals surface area contributed by atoms with E-state index in [1.807, 2.05) is 20.8 Å². The molecule has 1 atom stereocenters. The summed E-state index contributed by atoms with van der Waals surface area (Å²) < 4.78 is 5.57. The van der Waals surface area contributed by atoms with Crippen LogP contribution in [0.1, 0.15) is 46.5 Å². The highest BCUT2D eigenvalue weighted by molar-refractivity contribution is 5.79. The van der Waals surface area contributed by atoms with Crippen molar-refractivity contribution in [1.82, 2.24) is 10.6 Å². The zero-order valence-corrected chi connectivity index (χ0v) is 12.5. The number of guanidine groups is 1. The fourth-order valence-corrected chi connectivity index (χ4v) is 2.06. The summed E-state index contributed by atoms with van der Waals surface area (Å²) in [4.78, 5) is 4.48. The third-order valence-corrected chi connectivity index (χ3v) is 3.71. The molecule has 0 radical (unpaired) electrons. The molecule has 0 aromatic carbocycles. The molecule has 1 aliphatic rings. The third kappa shape index (κ3) is 5.78. The van der Waals surface area contributed by atoms with Gasteiger partial charge in [0.25, 0.3) is 0 Å². The normalized spacial score (nSPS) is 20.6. The van der Waals surface area contributed by atoms with Gasteiger partial charge in [-0.3, -0.25) is 4.99 Å². The van der Waals surface area contributed by atoms with Gasteiger partial charge in [0.2, 0.25) is 0 Å². The maximum absolute atomic E-state index is 10.2. The van der Waals surface area contributed by atoms with Gasteiger partial charge < -0.3 is 20.5 Å². The molecule has 1 aliphatic heterocycles. The molecule has 0 aromatic rings. The van der Waals surface area contributed by atoms with Gasteiger partial charge in [0.1, 0.15) is 0 Å². The predicted octanol–water partition coefficient (Wildman–Crippen LogP) is 1.27. The molecule has 1 unspecified atom stereocenters. The molecule has 5 heteroatoms. The number of hydrogen-bond donors (Lipinski definition) is 3. The molecule has 1 saturated heterocycles. The molecule has 0 amide bonds. The molecule has 1 rings (SSSR count). The highest BCUT2D eigenvalue weighted by Gasteiger charge is 2.22. The van der Waals surface area contributed by atoms with Gasteiger partial charge in [-0.25, -0.2) is 0 Å². The van der Waals surface area contributed by atoms with Crippen LogP contribution in [0.4, 0.5) is 0 Å². The first-order chi connectivity index (χ1) is 9.13. The van der Waals surface area contributed by atoms with Gasteiger partial charge in [-0.2, -0.15) is 0 Å². The van der Waals surface area contributed by atoms with Crippen LogP contribution >= 0.6 is 0 Å². The van der Waals surface area contributed by atoms with E-state index in [0.29, 0.717) is 12.6 Å². The van der Waals surface area contributed by atoms with Crippen LogP contribution in [0.5, 0.6) is 0 Å². The second-order valence-corrected chi connectivity index (χ2v) is 5.14. The molecular formula is C14H29N3O2. The van der Waals surface area contributed by atoms with Crippen molar-refractivity contribution in [3.8, 4) is 0 Å². The van der Waals surface area contributed by atoms with Gasteiger partial charge >= 0.3 is 0 Å². The summed E-state index contributed by atoms with van der Waals surface area (Å²) in [6.07, 6.45) is 3.99. The van der Waals surface area contributed by atoms with E-state index in [-0.39, 0.29) is 0 Å². The van der Waals surface area contributed by atoms with E-state index < -0.39 is 5.60 Å². The number of rotatable bonds is 7. The lowest BCUT2D eigenvalue weighted by molar-refractivity contribution is 0.0417. The molecule has 0 spiro atoms. The van der Waals surface area contributed by atoms with Gasteiger partial charge in [0.05, 0.1) is 18.2 Å². The molecule has 3 N–H and O–H groups in total. The monoisotopic (exact) mass is 271 g/mol. The molecule has 112 valence electrons. The topological polar surface area (TPSA) is 65.9 Å². The van der Waals surface area contributed by atoms with Gasteiger partial charge in [-0.1, -0.05) is 13.8 Å². The maximum Gasteiger partial charge on any atom is 0.191 e. The highest BCUT2D eigenvalue weighted by Crippen LogP contribution is 2.14. The molecule has 1 heterocycles. The predicted molar refractivity (Wildman–Crippen MR) is 78.5 cm³/mol. The molecule has 0 aliphatic carbocycles. The first-order valence-corrected chi connectivity index (χ1v) is 7.49. The smallest absolute Gasteiger partial charge is 0.191 e. The Morgan fingerprint density at radius 1 is 1.32 bits per heavy atom. The quantitative estimate of drug-likeness (QED) is 0.482. The summed E-state index contributed by atoms with van der Waals surface area (Å²) in [7, 11) is 0. The van der Waals surface area contributed by atoms with Crippen LogP contribution in [0.25, 0.3) is 0 Å². The molecule has 0 aromatic heterocycles. The van der Waals surface area contributed by atoms with Gasteiger partial charge in [0.15, 0.2) is 5.96 Å². The largest absolute Gasteiger partial charge is 0.388 e. The summed E-state index contributed by atoms with van der Waals surface area (Å²) in [5, 5.41) is 16.7. The average Bonchev–Trinajstić information content (AvgIpc) is 2.95. The van der Waals surface area contributed by atoms with E-state index in [0.717, 1.165) is 51.3 Å². The third-order valence-electron chi connectivity index (χ3n) is 3.71. The lowest BCUT2D eigenvalue weighted by Crippen LogP contribution is -2.42. The number of nitrogens with one attached hydrogen (secondary N) is 2. The van der Waals surface area contributed by atoms with Crippen LogP contribution in [0, 0.1) is 0 Å². The van der Waals surface area contributed by atoms with Crippen molar-refractivity contribution in [3.05, 3.63) is 0 Å². The van der Waals surface area contributed by atoms with E-state index in [1.165, 1.54) is 0 Å². The van der Waals surface area contributed by atoms with Gasteiger partial charge in [-0.05, 0) is 32.6 Å². The minimum absolute atomic E-state index is 0.292. The van der Waals surface area contributed by atoms with Crippen LogP contribution in [-0.4, -0.2) is 49.0 Å². The summed E-state index contributed by atoms with van der Waals surface area (Å²) in [6.45, 7) is 8.91. The number of hydrogen-bond acceptors (Lipinski definition) is 3. The van der Waals surface area contributed by atoms with E-state index in [9.17, 15) is 5.11 Å². The lowest BCUT2D eigenvalue weighted by Gasteiger charge is -2.23. The van der Waals surface area contributed by atoms with Gasteiger partial charge in [0, 0.05) is 19.7 Å². The standard InChI is InChI=1S/C14H29N3O2/c1-4-14(18,5-2)11-17-13(15-6-3)16-10-12-8-7-9-19-12/h12,18H,4-11H2,1-3H3,(H2,15,16,17). The first kappa shape index (κ1) is 16.2. The van der Waals surface area contributed by atoms with Crippen molar-refractivity contribution in [2.45, 2.75) is 58.2 Å². The first-order valence-electron chi connectivity index (χ1n) is 7.49. The van der Waals surface area contributed by atoms with Crippen molar-refractivity contribution in [3.63, 3.8) is 0 Å². The number of aliphatic imine (C=N–C) groups is 1. The average molecular weight is 271 g/mol. The lowest BCUT2D eigenvalue weighted by atomic mass is 9.98. The second-order valence-electron chi connectivity index (χ2n) is 5.14. The fraction of sp³-hybridized carbons (Fsp3) is 0.929. The number of aliphatic hydroxyl groups is 1. The van der Waals surface area contributed by atoms with E-state index in [1.54, 1.807) is 0 Å². The SMILES string of the molecule is CCNC(=NCC(O)(CC)CC)NCC1CCCO1. The Labute approximate surface area is 116 Å². The van der Waals surface area contributed by atoms with Crippen LogP contribution in [0.3, 0.4) is 0 Å². The van der Waals surface area contributed by atoms with Gasteiger partial charge in [-0.15, -0.1) is 0 Å². The minimum Gasteiger partial charge on any atom is -0.388 e. The zero-order valence-electron chi connectivity index (χ0n) is 12.5. The zero-order chi connectivity index (χ0) is 14.1. The number of nitrogens with zero attached hydrogens (tertiary/aromatic N) is 1. The Morgan fingerprint density at radius 3 is 2.58 bits per heavy atom. The molecule has 5 nitrogen and oxygen atoms in total. The Bertz CT molecular complexity index is 272. The Hall–Kier alpha value is -0.810. The molecule has 0 bridgehead atoms. The van der Waals surface area contributed by atoms with Crippen molar-refractivity contribution >= 4 is 5.96 Å².